The molecule has 0 aliphatic carbocycles. The maximum Gasteiger partial charge on any atom is 0.239 e. The summed E-state index contributed by atoms with van der Waals surface area (Å²) in [4.78, 5) is 17.4. The molecular formula is C10H16N4O. The van der Waals surface area contributed by atoms with E-state index in [2.05, 4.69) is 10.3 Å². The lowest BCUT2D eigenvalue weighted by atomic mass is 10.3. The Morgan fingerprint density at radius 1 is 1.53 bits per heavy atom. The molecule has 1 rings (SSSR count). The van der Waals surface area contributed by atoms with Crippen LogP contribution in [0.25, 0.3) is 0 Å². The van der Waals surface area contributed by atoms with Crippen molar-refractivity contribution in [2.45, 2.75) is 6.54 Å². The number of rotatable bonds is 4. The van der Waals surface area contributed by atoms with Crippen LogP contribution in [-0.4, -0.2) is 36.4 Å². The van der Waals surface area contributed by atoms with E-state index in [1.807, 2.05) is 26.2 Å². The van der Waals surface area contributed by atoms with Crippen LogP contribution in [0.15, 0.2) is 18.2 Å². The van der Waals surface area contributed by atoms with Gasteiger partial charge in [0.1, 0.15) is 5.82 Å². The number of nitrogens with one attached hydrogen (secondary N) is 1. The Hall–Kier alpha value is -1.46. The summed E-state index contributed by atoms with van der Waals surface area (Å²) in [7, 11) is 3.67. The summed E-state index contributed by atoms with van der Waals surface area (Å²) in [5.74, 6) is 0.464. The van der Waals surface area contributed by atoms with Crippen LogP contribution in [0.5, 0.6) is 0 Å². The first-order valence-corrected chi connectivity index (χ1v) is 4.72. The minimum absolute atomic E-state index is 0.0818. The molecule has 5 heteroatoms. The zero-order chi connectivity index (χ0) is 11.3. The molecule has 5 nitrogen and oxygen atoms in total. The van der Waals surface area contributed by atoms with Gasteiger partial charge >= 0.3 is 0 Å². The van der Waals surface area contributed by atoms with Crippen LogP contribution in [0.3, 0.4) is 0 Å². The molecule has 1 aromatic heterocycles. The fraction of sp³-hybridized carbons (Fsp3) is 0.400. The second kappa shape index (κ2) is 5.43. The van der Waals surface area contributed by atoms with Crippen molar-refractivity contribution in [3.8, 4) is 0 Å². The predicted octanol–water partition coefficient (Wildman–Crippen LogP) is 0.0404. The van der Waals surface area contributed by atoms with E-state index in [1.54, 1.807) is 11.0 Å². The highest BCUT2D eigenvalue weighted by Gasteiger charge is 2.04. The first-order chi connectivity index (χ1) is 7.11. The van der Waals surface area contributed by atoms with Crippen molar-refractivity contribution >= 4 is 11.7 Å². The zero-order valence-electron chi connectivity index (χ0n) is 9.03. The Labute approximate surface area is 89.3 Å². The minimum Gasteiger partial charge on any atom is -0.325 e. The number of anilines is 1. The number of carbonyl (C=O) groups is 1. The van der Waals surface area contributed by atoms with Crippen LogP contribution < -0.4 is 11.1 Å². The zero-order valence-corrected chi connectivity index (χ0v) is 9.03. The number of hydrogen-bond donors (Lipinski definition) is 2. The smallest absolute Gasteiger partial charge is 0.239 e. The number of amides is 1. The SMILES string of the molecule is CN(C)CC(=O)Nc1cccc(CN)n1. The van der Waals surface area contributed by atoms with Crippen LogP contribution in [0, 0.1) is 0 Å². The predicted molar refractivity (Wildman–Crippen MR) is 59.3 cm³/mol. The topological polar surface area (TPSA) is 71.2 Å². The molecule has 15 heavy (non-hydrogen) atoms. The fourth-order valence-corrected chi connectivity index (χ4v) is 1.13. The number of nitrogens with two attached hydrogens (primary N) is 1. The molecule has 0 atom stereocenters. The second-order valence-electron chi connectivity index (χ2n) is 3.50. The number of carbonyl (C=O) groups excluding carboxylic acids is 1. The normalized spacial score (nSPS) is 10.4. The molecule has 1 amide bonds. The molecule has 0 spiro atoms. The first-order valence-electron chi connectivity index (χ1n) is 4.72. The highest BCUT2D eigenvalue weighted by Crippen LogP contribution is 2.03. The van der Waals surface area contributed by atoms with Crippen molar-refractivity contribution in [1.29, 1.82) is 0 Å². The number of nitrogens with zero attached hydrogens (tertiary/aromatic N) is 2. The van der Waals surface area contributed by atoms with Gasteiger partial charge in [-0.1, -0.05) is 6.07 Å². The summed E-state index contributed by atoms with van der Waals surface area (Å²) in [5, 5.41) is 2.70. The van der Waals surface area contributed by atoms with Crippen molar-refractivity contribution in [1.82, 2.24) is 9.88 Å². The number of aromatic nitrogens is 1. The molecular weight excluding hydrogens is 192 g/mol. The average Bonchev–Trinajstić information content (AvgIpc) is 2.16. The van der Waals surface area contributed by atoms with Gasteiger partial charge in [-0.15, -0.1) is 0 Å². The lowest BCUT2D eigenvalue weighted by molar-refractivity contribution is -0.116. The molecule has 0 bridgehead atoms. The fourth-order valence-electron chi connectivity index (χ4n) is 1.13. The van der Waals surface area contributed by atoms with E-state index in [0.717, 1.165) is 5.69 Å². The molecule has 0 unspecified atom stereocenters. The molecule has 0 saturated carbocycles. The Kier molecular flexibility index (Phi) is 4.20. The van der Waals surface area contributed by atoms with E-state index >= 15 is 0 Å². The van der Waals surface area contributed by atoms with Crippen molar-refractivity contribution in [2.24, 2.45) is 5.73 Å². The van der Waals surface area contributed by atoms with Crippen LogP contribution in [0.1, 0.15) is 5.69 Å². The van der Waals surface area contributed by atoms with Gasteiger partial charge in [-0.25, -0.2) is 4.98 Å². The Balaban J connectivity index is 2.60. The van der Waals surface area contributed by atoms with Crippen molar-refractivity contribution in [2.75, 3.05) is 26.0 Å². The van der Waals surface area contributed by atoms with E-state index in [1.165, 1.54) is 0 Å². The highest BCUT2D eigenvalue weighted by molar-refractivity contribution is 5.91. The molecule has 0 aliphatic rings. The summed E-state index contributed by atoms with van der Waals surface area (Å²) in [6, 6.07) is 5.38. The third-order valence-electron chi connectivity index (χ3n) is 1.74. The Morgan fingerprint density at radius 3 is 2.87 bits per heavy atom. The van der Waals surface area contributed by atoms with Gasteiger partial charge in [-0.05, 0) is 26.2 Å². The molecule has 3 N–H and O–H groups in total. The van der Waals surface area contributed by atoms with Crippen LogP contribution in [0.2, 0.25) is 0 Å². The summed E-state index contributed by atoms with van der Waals surface area (Å²) < 4.78 is 0. The Bertz CT molecular complexity index is 338. The molecule has 0 fully saturated rings. The lowest BCUT2D eigenvalue weighted by Gasteiger charge is -2.09. The van der Waals surface area contributed by atoms with Gasteiger partial charge in [0.25, 0.3) is 0 Å². The van der Waals surface area contributed by atoms with E-state index < -0.39 is 0 Å². The second-order valence-corrected chi connectivity index (χ2v) is 3.50. The van der Waals surface area contributed by atoms with Gasteiger partial charge < -0.3 is 16.0 Å². The third-order valence-corrected chi connectivity index (χ3v) is 1.74. The molecule has 0 aromatic carbocycles. The molecule has 0 aliphatic heterocycles. The van der Waals surface area contributed by atoms with Crippen molar-refractivity contribution < 1.29 is 4.79 Å². The third kappa shape index (κ3) is 4.05. The number of likely N-dealkylation sites (N-methyl/N-ethyl adjacent to an activating group) is 1. The van der Waals surface area contributed by atoms with Gasteiger partial charge in [0.2, 0.25) is 5.91 Å². The minimum atomic E-state index is -0.0818. The van der Waals surface area contributed by atoms with Crippen molar-refractivity contribution in [3.63, 3.8) is 0 Å². The van der Waals surface area contributed by atoms with Crippen LogP contribution in [-0.2, 0) is 11.3 Å². The van der Waals surface area contributed by atoms with Gasteiger partial charge in [0, 0.05) is 6.54 Å². The maximum atomic E-state index is 11.4. The highest BCUT2D eigenvalue weighted by atomic mass is 16.2. The van der Waals surface area contributed by atoms with Gasteiger partial charge in [-0.3, -0.25) is 4.79 Å². The Morgan fingerprint density at radius 2 is 2.27 bits per heavy atom. The van der Waals surface area contributed by atoms with Crippen molar-refractivity contribution in [3.05, 3.63) is 23.9 Å². The van der Waals surface area contributed by atoms with Crippen LogP contribution in [0.4, 0.5) is 5.82 Å². The molecule has 1 heterocycles. The van der Waals surface area contributed by atoms with Gasteiger partial charge in [0.05, 0.1) is 12.2 Å². The lowest BCUT2D eigenvalue weighted by Crippen LogP contribution is -2.27. The van der Waals surface area contributed by atoms with Gasteiger partial charge in [0.15, 0.2) is 0 Å². The maximum absolute atomic E-state index is 11.4. The summed E-state index contributed by atoms with van der Waals surface area (Å²) in [6.45, 7) is 0.714. The van der Waals surface area contributed by atoms with E-state index in [-0.39, 0.29) is 5.91 Å². The quantitative estimate of drug-likeness (QED) is 0.733. The van der Waals surface area contributed by atoms with Gasteiger partial charge in [-0.2, -0.15) is 0 Å². The van der Waals surface area contributed by atoms with E-state index in [9.17, 15) is 4.79 Å². The summed E-state index contributed by atoms with van der Waals surface area (Å²) >= 11 is 0. The van der Waals surface area contributed by atoms with E-state index in [4.69, 9.17) is 5.73 Å². The first kappa shape index (κ1) is 11.6. The summed E-state index contributed by atoms with van der Waals surface area (Å²) in [6.07, 6.45) is 0. The molecule has 0 saturated heterocycles. The van der Waals surface area contributed by atoms with Crippen LogP contribution >= 0.6 is 0 Å². The number of pyridine rings is 1. The molecule has 1 aromatic rings. The molecule has 0 radical (unpaired) electrons. The largest absolute Gasteiger partial charge is 0.325 e. The standard InChI is InChI=1S/C10H16N4O/c1-14(2)7-10(15)13-9-5-3-4-8(6-11)12-9/h3-5H,6-7,11H2,1-2H3,(H,12,13,15). The van der Waals surface area contributed by atoms with E-state index in [0.29, 0.717) is 18.9 Å². The molecule has 82 valence electrons. The monoisotopic (exact) mass is 208 g/mol. The average molecular weight is 208 g/mol. The number of hydrogen-bond acceptors (Lipinski definition) is 4. The summed E-state index contributed by atoms with van der Waals surface area (Å²) in [5.41, 5.74) is 6.21.